The van der Waals surface area contributed by atoms with Gasteiger partial charge in [0.1, 0.15) is 17.8 Å². The second kappa shape index (κ2) is 9.48. The number of rotatable bonds is 6. The molecule has 2 aromatic rings. The van der Waals surface area contributed by atoms with Crippen molar-refractivity contribution >= 4 is 38.5 Å². The van der Waals surface area contributed by atoms with Crippen LogP contribution in [-0.4, -0.2) is 75.8 Å². The van der Waals surface area contributed by atoms with E-state index in [0.717, 1.165) is 27.5 Å². The Kier molecular flexibility index (Phi) is 6.59. The molecule has 7 rings (SSSR count). The maximum atomic E-state index is 13.5. The molecule has 10 heteroatoms. The third kappa shape index (κ3) is 3.88. The lowest BCUT2D eigenvalue weighted by atomic mass is 9.41. The number of H-pyrrole nitrogens is 1. The maximum absolute atomic E-state index is 13.5. The first-order valence-electron chi connectivity index (χ1n) is 15.7. The number of aromatic nitrogens is 1. The summed E-state index contributed by atoms with van der Waals surface area (Å²) in [6.45, 7) is 11.8. The molecule has 1 amide bonds. The molecule has 2 bridgehead atoms. The van der Waals surface area contributed by atoms with Gasteiger partial charge in [0.05, 0.1) is 6.10 Å². The van der Waals surface area contributed by atoms with Crippen molar-refractivity contribution in [3.8, 4) is 0 Å². The minimum absolute atomic E-state index is 0.0673. The quantitative estimate of drug-likeness (QED) is 0.362. The van der Waals surface area contributed by atoms with E-state index in [1.54, 1.807) is 6.08 Å². The molecular weight excluding hydrogens is 628 g/mol. The fourth-order valence-corrected chi connectivity index (χ4v) is 9.59. The fraction of sp³-hybridized carbons (Fsp3) is 0.647. The van der Waals surface area contributed by atoms with Gasteiger partial charge in [-0.3, -0.25) is 9.59 Å². The van der Waals surface area contributed by atoms with Crippen LogP contribution < -0.4 is 5.32 Å². The molecule has 238 valence electrons. The Balaban J connectivity index is 1.33. The van der Waals surface area contributed by atoms with Gasteiger partial charge in [0.2, 0.25) is 5.91 Å². The number of halogens is 1. The first-order chi connectivity index (χ1) is 20.5. The van der Waals surface area contributed by atoms with Crippen LogP contribution in [-0.2, 0) is 35.6 Å². The van der Waals surface area contributed by atoms with Crippen LogP contribution in [0.1, 0.15) is 72.1 Å². The minimum atomic E-state index is -1.68. The van der Waals surface area contributed by atoms with Crippen LogP contribution in [0.2, 0.25) is 0 Å². The average molecular weight is 672 g/mol. The highest BCUT2D eigenvalue weighted by atomic mass is 79.9. The number of ketones is 1. The zero-order valence-electron chi connectivity index (χ0n) is 26.3. The van der Waals surface area contributed by atoms with Gasteiger partial charge in [-0.05, 0) is 68.9 Å². The Labute approximate surface area is 266 Å². The number of ether oxygens (including phenoxy) is 3. The Morgan fingerprint density at radius 1 is 1.23 bits per heavy atom. The van der Waals surface area contributed by atoms with Gasteiger partial charge in [-0.2, -0.15) is 0 Å². The lowest BCUT2D eigenvalue weighted by Gasteiger charge is -2.67. The van der Waals surface area contributed by atoms with Gasteiger partial charge >= 0.3 is 0 Å². The van der Waals surface area contributed by atoms with Crippen molar-refractivity contribution in [2.45, 2.75) is 102 Å². The van der Waals surface area contributed by atoms with Crippen LogP contribution >= 0.6 is 15.9 Å². The van der Waals surface area contributed by atoms with Gasteiger partial charge in [-0.1, -0.05) is 43.6 Å². The number of aromatic amines is 1. The van der Waals surface area contributed by atoms with Crippen LogP contribution in [0, 0.1) is 16.7 Å². The number of carbonyl (C=O) groups is 2. The zero-order chi connectivity index (χ0) is 31.7. The van der Waals surface area contributed by atoms with Gasteiger partial charge < -0.3 is 34.7 Å². The van der Waals surface area contributed by atoms with Crippen molar-refractivity contribution in [3.05, 3.63) is 45.6 Å². The largest absolute Gasteiger partial charge is 0.396 e. The smallest absolute Gasteiger partial charge is 0.246 e. The van der Waals surface area contributed by atoms with Crippen LogP contribution in [0.4, 0.5) is 0 Å². The van der Waals surface area contributed by atoms with E-state index in [-0.39, 0.29) is 37.4 Å². The highest BCUT2D eigenvalue weighted by Gasteiger charge is 2.78. The van der Waals surface area contributed by atoms with E-state index in [9.17, 15) is 19.8 Å². The normalized spacial score (nSPS) is 38.5. The first kappa shape index (κ1) is 30.6. The monoisotopic (exact) mass is 670 g/mol. The molecule has 1 spiro atoms. The van der Waals surface area contributed by atoms with Crippen LogP contribution in [0.5, 0.6) is 0 Å². The molecule has 3 fully saturated rings. The Bertz CT molecular complexity index is 1610. The molecule has 4 N–H and O–H groups in total. The topological polar surface area (TPSA) is 130 Å². The summed E-state index contributed by atoms with van der Waals surface area (Å²) in [5, 5.41) is 27.0. The van der Waals surface area contributed by atoms with Gasteiger partial charge in [0.25, 0.3) is 0 Å². The minimum Gasteiger partial charge on any atom is -0.396 e. The van der Waals surface area contributed by atoms with Crippen molar-refractivity contribution in [2.24, 2.45) is 16.7 Å². The number of hydrogen-bond acceptors (Lipinski definition) is 7. The van der Waals surface area contributed by atoms with E-state index in [4.69, 9.17) is 14.2 Å². The highest BCUT2D eigenvalue weighted by Crippen LogP contribution is 2.72. The van der Waals surface area contributed by atoms with E-state index in [0.29, 0.717) is 24.8 Å². The molecule has 7 atom stereocenters. The molecule has 44 heavy (non-hydrogen) atoms. The molecule has 9 nitrogen and oxygen atoms in total. The average Bonchev–Trinajstić information content (AvgIpc) is 3.54. The molecule has 3 unspecified atom stereocenters. The molecule has 2 aliphatic heterocycles. The van der Waals surface area contributed by atoms with Crippen molar-refractivity contribution in [1.82, 2.24) is 10.3 Å². The third-order valence-corrected chi connectivity index (χ3v) is 12.4. The Hall–Kier alpha value is -2.08. The molecule has 0 radical (unpaired) electrons. The predicted octanol–water partition coefficient (Wildman–Crippen LogP) is 4.21. The van der Waals surface area contributed by atoms with Gasteiger partial charge in [-0.15, -0.1) is 0 Å². The van der Waals surface area contributed by atoms with Crippen LogP contribution in [0.15, 0.2) is 34.3 Å². The number of nitrogens with one attached hydrogen (secondary N) is 2. The van der Waals surface area contributed by atoms with Crippen molar-refractivity contribution in [3.63, 3.8) is 0 Å². The molecule has 1 saturated heterocycles. The predicted molar refractivity (Wildman–Crippen MR) is 167 cm³/mol. The number of amides is 1. The SMILES string of the molecule is CC(C)(CO)CNC(=O)CO[C@H]1CC2Cc3c([nH]c4ccc(Br)cc34)[C@]2(C)[C@@]2(C)CCC34OC(C(=O)C=C3[C@]12O)C(C)(C)O4. The third-order valence-electron chi connectivity index (χ3n) is 11.9. The number of fused-ring (bicyclic) bond motifs is 9. The van der Waals surface area contributed by atoms with Gasteiger partial charge in [0.15, 0.2) is 17.7 Å². The fourth-order valence-electron chi connectivity index (χ4n) is 9.23. The summed E-state index contributed by atoms with van der Waals surface area (Å²) in [5.74, 6) is -1.69. The summed E-state index contributed by atoms with van der Waals surface area (Å²) in [7, 11) is 0. The summed E-state index contributed by atoms with van der Waals surface area (Å²) in [5.41, 5.74) is -0.515. The Morgan fingerprint density at radius 3 is 2.70 bits per heavy atom. The first-order valence-corrected chi connectivity index (χ1v) is 16.5. The number of benzene rings is 1. The van der Waals surface area contributed by atoms with Gasteiger partial charge in [0, 0.05) is 62.5 Å². The van der Waals surface area contributed by atoms with Crippen LogP contribution in [0.3, 0.4) is 0 Å². The van der Waals surface area contributed by atoms with E-state index in [1.165, 1.54) is 5.56 Å². The molecule has 2 saturated carbocycles. The van der Waals surface area contributed by atoms with E-state index < -0.39 is 45.4 Å². The summed E-state index contributed by atoms with van der Waals surface area (Å²) in [6.07, 6.45) is 2.32. The maximum Gasteiger partial charge on any atom is 0.246 e. The molecule has 3 aliphatic carbocycles. The number of carbonyl (C=O) groups excluding carboxylic acids is 2. The zero-order valence-corrected chi connectivity index (χ0v) is 27.9. The lowest BCUT2D eigenvalue weighted by molar-refractivity contribution is -0.279. The molecule has 1 aromatic carbocycles. The second-order valence-electron chi connectivity index (χ2n) is 15.4. The summed E-state index contributed by atoms with van der Waals surface area (Å²) < 4.78 is 20.5. The second-order valence-corrected chi connectivity index (χ2v) is 16.3. The van der Waals surface area contributed by atoms with Gasteiger partial charge in [-0.25, -0.2) is 0 Å². The lowest BCUT2D eigenvalue weighted by Crippen LogP contribution is -2.75. The molecule has 5 aliphatic rings. The van der Waals surface area contributed by atoms with E-state index >= 15 is 0 Å². The van der Waals surface area contributed by atoms with E-state index in [2.05, 4.69) is 52.2 Å². The molecule has 3 heterocycles. The van der Waals surface area contributed by atoms with Crippen molar-refractivity contribution in [1.29, 1.82) is 0 Å². The summed E-state index contributed by atoms with van der Waals surface area (Å²) in [6, 6.07) is 6.25. The van der Waals surface area contributed by atoms with Crippen LogP contribution in [0.25, 0.3) is 10.9 Å². The van der Waals surface area contributed by atoms with E-state index in [1.807, 2.05) is 33.8 Å². The Morgan fingerprint density at radius 2 is 1.98 bits per heavy atom. The number of hydrogen-bond donors (Lipinski definition) is 4. The summed E-state index contributed by atoms with van der Waals surface area (Å²) >= 11 is 3.64. The highest BCUT2D eigenvalue weighted by molar-refractivity contribution is 9.10. The standard InChI is InChI=1S/C34H43BrN2O7/c1-29(2,17-38)16-36-26(40)15-42-25-12-18-11-21-20-13-19(35)7-8-22(20)37-27(21)32(18,6)31(5)9-10-33-24(34(25,31)41)14-23(39)28(43-33)30(3,4)44-33/h7-8,13-14,18,25,28,37-38,41H,9-12,15-17H2,1-6H3,(H,36,40)/t18?,25-,28?,31+,32+,33?,34-/m0/s1. The number of aliphatic hydroxyl groups is 2. The van der Waals surface area contributed by atoms with Crippen molar-refractivity contribution < 1.29 is 34.0 Å². The molecule has 1 aromatic heterocycles. The molecular formula is C34H43BrN2O7. The van der Waals surface area contributed by atoms with Crippen molar-refractivity contribution in [2.75, 3.05) is 19.8 Å². The summed E-state index contributed by atoms with van der Waals surface area (Å²) in [4.78, 5) is 30.3. The number of aliphatic hydroxyl groups excluding tert-OH is 1.